The van der Waals surface area contributed by atoms with E-state index in [1.807, 2.05) is 0 Å². The fraction of sp³-hybridized carbons (Fsp3) is 0.400. The number of benzene rings is 1. The molecule has 5 nitrogen and oxygen atoms in total. The quantitative estimate of drug-likeness (QED) is 0.727. The lowest BCUT2D eigenvalue weighted by Crippen LogP contribution is -2.73. The highest BCUT2D eigenvalue weighted by molar-refractivity contribution is 6.07. The first-order valence-corrected chi connectivity index (χ1v) is 6.32. The lowest BCUT2D eigenvalue weighted by Gasteiger charge is -2.57. The smallest absolute Gasteiger partial charge is 0.352 e. The Morgan fingerprint density at radius 1 is 1.50 bits per heavy atom. The zero-order chi connectivity index (χ0) is 14.5. The number of nitriles is 1. The average Bonchev–Trinajstić information content (AvgIpc) is 2.47. The molecule has 0 N–H and O–H groups in total. The molecule has 0 saturated heterocycles. The minimum atomic E-state index is -1.53. The second kappa shape index (κ2) is 3.83. The van der Waals surface area contributed by atoms with E-state index < -0.39 is 22.9 Å². The topological polar surface area (TPSA) is 76.4 Å². The van der Waals surface area contributed by atoms with E-state index in [4.69, 9.17) is 9.47 Å². The summed E-state index contributed by atoms with van der Waals surface area (Å²) in [7, 11) is 1.23. The number of esters is 1. The summed E-state index contributed by atoms with van der Waals surface area (Å²) in [6, 6.07) is 8.87. The van der Waals surface area contributed by atoms with Gasteiger partial charge in [-0.1, -0.05) is 12.1 Å². The summed E-state index contributed by atoms with van der Waals surface area (Å²) in [4.78, 5) is 24.7. The number of ether oxygens (including phenoxy) is 2. The number of hydrogen-bond donors (Lipinski definition) is 0. The molecule has 0 bridgehead atoms. The van der Waals surface area contributed by atoms with E-state index in [2.05, 4.69) is 6.07 Å². The molecule has 0 amide bonds. The molecule has 102 valence electrons. The molecule has 5 heteroatoms. The lowest BCUT2D eigenvalue weighted by atomic mass is 9.49. The van der Waals surface area contributed by atoms with Gasteiger partial charge in [-0.3, -0.25) is 4.79 Å². The maximum absolute atomic E-state index is 12.5. The highest BCUT2D eigenvalue weighted by Crippen LogP contribution is 2.60. The third-order valence-corrected chi connectivity index (χ3v) is 4.40. The van der Waals surface area contributed by atoms with Crippen LogP contribution in [0.2, 0.25) is 0 Å². The van der Waals surface area contributed by atoms with Crippen LogP contribution in [0.15, 0.2) is 24.3 Å². The lowest BCUT2D eigenvalue weighted by molar-refractivity contribution is -0.199. The molecule has 3 atom stereocenters. The van der Waals surface area contributed by atoms with Crippen LogP contribution in [-0.4, -0.2) is 24.5 Å². The third kappa shape index (κ3) is 1.21. The summed E-state index contributed by atoms with van der Waals surface area (Å²) >= 11 is 0. The summed E-state index contributed by atoms with van der Waals surface area (Å²) in [6.07, 6.45) is 0.297. The Labute approximate surface area is 116 Å². The van der Waals surface area contributed by atoms with Gasteiger partial charge in [-0.05, 0) is 25.5 Å². The minimum absolute atomic E-state index is 0.162. The number of carbonyl (C=O) groups is 2. The zero-order valence-corrected chi connectivity index (χ0v) is 11.2. The van der Waals surface area contributed by atoms with Crippen LogP contribution in [0.1, 0.15) is 23.7 Å². The number of carbonyl (C=O) groups excluding carboxylic acids is 2. The molecule has 1 aliphatic heterocycles. The van der Waals surface area contributed by atoms with Crippen molar-refractivity contribution < 1.29 is 19.1 Å². The van der Waals surface area contributed by atoms with Gasteiger partial charge in [0.2, 0.25) is 5.60 Å². The Bertz CT molecular complexity index is 662. The monoisotopic (exact) mass is 271 g/mol. The number of methoxy groups -OCH3 is 1. The van der Waals surface area contributed by atoms with Gasteiger partial charge in [-0.15, -0.1) is 0 Å². The molecule has 0 spiro atoms. The summed E-state index contributed by atoms with van der Waals surface area (Å²) in [6.45, 7) is 1.63. The average molecular weight is 271 g/mol. The highest BCUT2D eigenvalue weighted by atomic mass is 16.6. The van der Waals surface area contributed by atoms with Crippen molar-refractivity contribution in [1.29, 1.82) is 5.26 Å². The maximum Gasteiger partial charge on any atom is 0.352 e. The van der Waals surface area contributed by atoms with E-state index in [0.29, 0.717) is 17.7 Å². The SMILES string of the molecule is COC(=O)C12Oc3ccccc3C(=O)C1CC2(C)C#N. The van der Waals surface area contributed by atoms with Crippen molar-refractivity contribution in [2.45, 2.75) is 18.9 Å². The molecule has 0 radical (unpaired) electrons. The second-order valence-corrected chi connectivity index (χ2v) is 5.39. The molecule has 3 unspecified atom stereocenters. The number of para-hydroxylation sites is 1. The molecule has 20 heavy (non-hydrogen) atoms. The van der Waals surface area contributed by atoms with E-state index >= 15 is 0 Å². The Morgan fingerprint density at radius 3 is 2.85 bits per heavy atom. The molecular formula is C15H13NO4. The van der Waals surface area contributed by atoms with Crippen molar-refractivity contribution in [2.24, 2.45) is 11.3 Å². The van der Waals surface area contributed by atoms with Crippen LogP contribution >= 0.6 is 0 Å². The fourth-order valence-corrected chi connectivity index (χ4v) is 3.23. The van der Waals surface area contributed by atoms with E-state index in [1.54, 1.807) is 31.2 Å². The molecule has 1 aliphatic carbocycles. The van der Waals surface area contributed by atoms with E-state index in [1.165, 1.54) is 7.11 Å². The van der Waals surface area contributed by atoms with Gasteiger partial charge in [0.25, 0.3) is 0 Å². The van der Waals surface area contributed by atoms with Crippen molar-refractivity contribution in [2.75, 3.05) is 7.11 Å². The van der Waals surface area contributed by atoms with Crippen LogP contribution in [0.5, 0.6) is 5.75 Å². The Kier molecular flexibility index (Phi) is 2.42. The molecule has 1 aromatic carbocycles. The van der Waals surface area contributed by atoms with Crippen LogP contribution in [0.25, 0.3) is 0 Å². The van der Waals surface area contributed by atoms with Crippen molar-refractivity contribution in [3.63, 3.8) is 0 Å². The largest absolute Gasteiger partial charge is 0.472 e. The number of rotatable bonds is 1. The standard InChI is InChI=1S/C15H13NO4/c1-14(8-16)7-10-12(17)9-5-3-4-6-11(9)20-15(10,14)13(18)19-2/h3-6,10H,7H2,1-2H3. The highest BCUT2D eigenvalue weighted by Gasteiger charge is 2.75. The van der Waals surface area contributed by atoms with Crippen molar-refractivity contribution in [1.82, 2.24) is 0 Å². The van der Waals surface area contributed by atoms with Gasteiger partial charge in [0.15, 0.2) is 5.78 Å². The van der Waals surface area contributed by atoms with Gasteiger partial charge in [0.1, 0.15) is 11.2 Å². The van der Waals surface area contributed by atoms with Gasteiger partial charge in [0, 0.05) is 0 Å². The van der Waals surface area contributed by atoms with Crippen LogP contribution < -0.4 is 4.74 Å². The van der Waals surface area contributed by atoms with E-state index in [-0.39, 0.29) is 5.78 Å². The maximum atomic E-state index is 12.5. The predicted molar refractivity (Wildman–Crippen MR) is 68.0 cm³/mol. The molecule has 1 heterocycles. The summed E-state index contributed by atoms with van der Waals surface area (Å²) in [5, 5.41) is 9.38. The van der Waals surface area contributed by atoms with Gasteiger partial charge >= 0.3 is 5.97 Å². The normalized spacial score (nSPS) is 33.9. The number of fused-ring (bicyclic) bond motifs is 2. The molecule has 1 saturated carbocycles. The first-order valence-electron chi connectivity index (χ1n) is 6.32. The Morgan fingerprint density at radius 2 is 2.20 bits per heavy atom. The third-order valence-electron chi connectivity index (χ3n) is 4.40. The Hall–Kier alpha value is -2.35. The van der Waals surface area contributed by atoms with Crippen LogP contribution in [0.4, 0.5) is 0 Å². The molecule has 3 rings (SSSR count). The molecule has 1 fully saturated rings. The molecule has 1 aromatic rings. The second-order valence-electron chi connectivity index (χ2n) is 5.39. The summed E-state index contributed by atoms with van der Waals surface area (Å²) < 4.78 is 10.6. The van der Waals surface area contributed by atoms with Crippen molar-refractivity contribution >= 4 is 11.8 Å². The first kappa shape index (κ1) is 12.7. The number of Topliss-reactive ketones (excluding diaryl/α,β-unsaturated/α-hetero) is 1. The first-order chi connectivity index (χ1) is 9.50. The number of hydrogen-bond acceptors (Lipinski definition) is 5. The van der Waals surface area contributed by atoms with Gasteiger partial charge in [0.05, 0.1) is 24.7 Å². The van der Waals surface area contributed by atoms with Crippen LogP contribution in [0.3, 0.4) is 0 Å². The molecular weight excluding hydrogens is 258 g/mol. The number of ketones is 1. The van der Waals surface area contributed by atoms with Gasteiger partial charge < -0.3 is 9.47 Å². The van der Waals surface area contributed by atoms with Crippen molar-refractivity contribution in [3.8, 4) is 11.8 Å². The molecule has 0 aromatic heterocycles. The minimum Gasteiger partial charge on any atom is -0.472 e. The fourth-order valence-electron chi connectivity index (χ4n) is 3.23. The summed E-state index contributed by atoms with van der Waals surface area (Å²) in [5.74, 6) is -1.15. The predicted octanol–water partition coefficient (Wildman–Crippen LogP) is 1.72. The number of nitrogens with zero attached hydrogens (tertiary/aromatic N) is 1. The van der Waals surface area contributed by atoms with Gasteiger partial charge in [-0.2, -0.15) is 5.26 Å². The zero-order valence-electron chi connectivity index (χ0n) is 11.2. The van der Waals surface area contributed by atoms with Crippen LogP contribution in [-0.2, 0) is 9.53 Å². The van der Waals surface area contributed by atoms with Gasteiger partial charge in [-0.25, -0.2) is 4.79 Å². The van der Waals surface area contributed by atoms with E-state index in [0.717, 1.165) is 0 Å². The molecule has 2 aliphatic rings. The summed E-state index contributed by atoms with van der Waals surface area (Å²) in [5.41, 5.74) is -2.13. The van der Waals surface area contributed by atoms with Crippen molar-refractivity contribution in [3.05, 3.63) is 29.8 Å². The van der Waals surface area contributed by atoms with Crippen LogP contribution in [0, 0.1) is 22.7 Å². The van der Waals surface area contributed by atoms with E-state index in [9.17, 15) is 14.9 Å². The Balaban J connectivity index is 2.19.